The molecule has 0 saturated carbocycles. The van der Waals surface area contributed by atoms with Gasteiger partial charge in [0, 0.05) is 27.8 Å². The SMILES string of the molecule is COc1ccc(OC)c(CNc2cc(Cl)cc(Cl)c2)c1. The average Bonchev–Trinajstić information content (AvgIpc) is 2.43. The molecule has 0 unspecified atom stereocenters. The van der Waals surface area contributed by atoms with E-state index < -0.39 is 0 Å². The molecule has 0 spiro atoms. The second-order valence-electron chi connectivity index (χ2n) is 4.19. The van der Waals surface area contributed by atoms with Gasteiger partial charge in [-0.05, 0) is 36.4 Å². The van der Waals surface area contributed by atoms with Gasteiger partial charge in [-0.15, -0.1) is 0 Å². The maximum Gasteiger partial charge on any atom is 0.124 e. The largest absolute Gasteiger partial charge is 0.497 e. The number of rotatable bonds is 5. The molecule has 0 aliphatic rings. The van der Waals surface area contributed by atoms with Crippen molar-refractivity contribution in [3.63, 3.8) is 0 Å². The Morgan fingerprint density at radius 2 is 1.65 bits per heavy atom. The maximum absolute atomic E-state index is 5.97. The fourth-order valence-corrected chi connectivity index (χ4v) is 2.40. The molecular formula is C15H15Cl2NO2. The summed E-state index contributed by atoms with van der Waals surface area (Å²) in [4.78, 5) is 0. The number of ether oxygens (including phenoxy) is 2. The third-order valence-corrected chi connectivity index (χ3v) is 3.27. The lowest BCUT2D eigenvalue weighted by Gasteiger charge is -2.12. The summed E-state index contributed by atoms with van der Waals surface area (Å²) >= 11 is 11.9. The predicted molar refractivity (Wildman–Crippen MR) is 83.3 cm³/mol. The monoisotopic (exact) mass is 311 g/mol. The topological polar surface area (TPSA) is 30.5 Å². The highest BCUT2D eigenvalue weighted by Gasteiger charge is 2.05. The minimum atomic E-state index is 0.580. The third kappa shape index (κ3) is 3.71. The summed E-state index contributed by atoms with van der Waals surface area (Å²) in [6.07, 6.45) is 0. The van der Waals surface area contributed by atoms with Crippen LogP contribution in [-0.4, -0.2) is 14.2 Å². The van der Waals surface area contributed by atoms with Gasteiger partial charge >= 0.3 is 0 Å². The number of anilines is 1. The van der Waals surface area contributed by atoms with Gasteiger partial charge in [-0.2, -0.15) is 0 Å². The fourth-order valence-electron chi connectivity index (χ4n) is 1.87. The first-order valence-corrected chi connectivity index (χ1v) is 6.79. The fraction of sp³-hybridized carbons (Fsp3) is 0.200. The lowest BCUT2D eigenvalue weighted by atomic mass is 10.2. The van der Waals surface area contributed by atoms with E-state index in [0.29, 0.717) is 16.6 Å². The van der Waals surface area contributed by atoms with Crippen LogP contribution in [0.2, 0.25) is 10.0 Å². The zero-order valence-corrected chi connectivity index (χ0v) is 12.8. The van der Waals surface area contributed by atoms with E-state index in [1.54, 1.807) is 20.3 Å². The van der Waals surface area contributed by atoms with Gasteiger partial charge in [0.1, 0.15) is 11.5 Å². The van der Waals surface area contributed by atoms with E-state index in [4.69, 9.17) is 32.7 Å². The van der Waals surface area contributed by atoms with Crippen molar-refractivity contribution in [3.05, 3.63) is 52.0 Å². The Labute approximate surface area is 128 Å². The normalized spacial score (nSPS) is 10.2. The molecule has 2 aromatic carbocycles. The molecule has 0 saturated heterocycles. The van der Waals surface area contributed by atoms with Gasteiger partial charge in [-0.3, -0.25) is 0 Å². The summed E-state index contributed by atoms with van der Waals surface area (Å²) in [6, 6.07) is 11.0. The van der Waals surface area contributed by atoms with Gasteiger partial charge in [0.05, 0.1) is 14.2 Å². The Morgan fingerprint density at radius 1 is 0.950 bits per heavy atom. The summed E-state index contributed by atoms with van der Waals surface area (Å²) in [7, 11) is 3.28. The van der Waals surface area contributed by atoms with Gasteiger partial charge in [0.2, 0.25) is 0 Å². The molecule has 0 atom stereocenters. The molecule has 20 heavy (non-hydrogen) atoms. The molecule has 0 aliphatic carbocycles. The zero-order valence-electron chi connectivity index (χ0n) is 11.2. The molecule has 0 aliphatic heterocycles. The first-order chi connectivity index (χ1) is 9.62. The number of hydrogen-bond acceptors (Lipinski definition) is 3. The lowest BCUT2D eigenvalue weighted by Crippen LogP contribution is -2.02. The Kier molecular flexibility index (Phi) is 4.99. The van der Waals surface area contributed by atoms with Crippen LogP contribution in [0.5, 0.6) is 11.5 Å². The first kappa shape index (κ1) is 14.8. The number of halogens is 2. The zero-order chi connectivity index (χ0) is 14.5. The van der Waals surface area contributed by atoms with Crippen molar-refractivity contribution in [2.45, 2.75) is 6.54 Å². The van der Waals surface area contributed by atoms with Crippen molar-refractivity contribution in [2.24, 2.45) is 0 Å². The Morgan fingerprint density at radius 3 is 2.25 bits per heavy atom. The van der Waals surface area contributed by atoms with Crippen LogP contribution < -0.4 is 14.8 Å². The van der Waals surface area contributed by atoms with Crippen LogP contribution in [0.15, 0.2) is 36.4 Å². The second-order valence-corrected chi connectivity index (χ2v) is 5.06. The Hall–Kier alpha value is -1.58. The first-order valence-electron chi connectivity index (χ1n) is 6.03. The molecule has 106 valence electrons. The van der Waals surface area contributed by atoms with Crippen molar-refractivity contribution < 1.29 is 9.47 Å². The molecule has 0 heterocycles. The molecule has 0 fully saturated rings. The Balaban J connectivity index is 2.17. The highest BCUT2D eigenvalue weighted by molar-refractivity contribution is 6.35. The minimum Gasteiger partial charge on any atom is -0.497 e. The molecule has 0 radical (unpaired) electrons. The van der Waals surface area contributed by atoms with Crippen molar-refractivity contribution in [1.29, 1.82) is 0 Å². The molecule has 3 nitrogen and oxygen atoms in total. The smallest absolute Gasteiger partial charge is 0.124 e. The van der Waals surface area contributed by atoms with E-state index in [2.05, 4.69) is 5.32 Å². The van der Waals surface area contributed by atoms with Crippen LogP contribution in [-0.2, 0) is 6.54 Å². The standard InChI is InChI=1S/C15H15Cl2NO2/c1-19-14-3-4-15(20-2)10(5-14)9-18-13-7-11(16)6-12(17)8-13/h3-8,18H,9H2,1-2H3. The highest BCUT2D eigenvalue weighted by Crippen LogP contribution is 2.26. The molecule has 0 bridgehead atoms. The van der Waals surface area contributed by atoms with E-state index in [1.165, 1.54) is 0 Å². The summed E-state index contributed by atoms with van der Waals surface area (Å²) in [5.41, 5.74) is 1.84. The van der Waals surface area contributed by atoms with E-state index in [0.717, 1.165) is 22.7 Å². The number of nitrogens with one attached hydrogen (secondary N) is 1. The van der Waals surface area contributed by atoms with Crippen LogP contribution in [0.3, 0.4) is 0 Å². The molecule has 1 N–H and O–H groups in total. The van der Waals surface area contributed by atoms with E-state index >= 15 is 0 Å². The van der Waals surface area contributed by atoms with Gasteiger partial charge in [0.15, 0.2) is 0 Å². The summed E-state index contributed by atoms with van der Waals surface area (Å²) in [5, 5.41) is 4.45. The maximum atomic E-state index is 5.97. The van der Waals surface area contributed by atoms with Gasteiger partial charge < -0.3 is 14.8 Å². The molecule has 0 aromatic heterocycles. The molecule has 2 aromatic rings. The van der Waals surface area contributed by atoms with Crippen molar-refractivity contribution in [1.82, 2.24) is 0 Å². The minimum absolute atomic E-state index is 0.580. The number of methoxy groups -OCH3 is 2. The number of hydrogen-bond donors (Lipinski definition) is 1. The third-order valence-electron chi connectivity index (χ3n) is 2.83. The Bertz CT molecular complexity index is 582. The quantitative estimate of drug-likeness (QED) is 0.873. The molecule has 5 heteroatoms. The average molecular weight is 312 g/mol. The van der Waals surface area contributed by atoms with Gasteiger partial charge in [-0.1, -0.05) is 23.2 Å². The van der Waals surface area contributed by atoms with Crippen LogP contribution in [0.4, 0.5) is 5.69 Å². The van der Waals surface area contributed by atoms with Crippen molar-refractivity contribution in [2.75, 3.05) is 19.5 Å². The molecule has 2 rings (SSSR count). The van der Waals surface area contributed by atoms with Crippen LogP contribution in [0.25, 0.3) is 0 Å². The van der Waals surface area contributed by atoms with Gasteiger partial charge in [-0.25, -0.2) is 0 Å². The molecule has 0 amide bonds. The van der Waals surface area contributed by atoms with Gasteiger partial charge in [0.25, 0.3) is 0 Å². The van der Waals surface area contributed by atoms with Crippen LogP contribution in [0.1, 0.15) is 5.56 Å². The summed E-state index contributed by atoms with van der Waals surface area (Å²) in [6.45, 7) is 0.580. The molecular weight excluding hydrogens is 297 g/mol. The van der Waals surface area contributed by atoms with E-state index in [-0.39, 0.29) is 0 Å². The number of benzene rings is 2. The van der Waals surface area contributed by atoms with E-state index in [9.17, 15) is 0 Å². The highest BCUT2D eigenvalue weighted by atomic mass is 35.5. The van der Waals surface area contributed by atoms with Crippen LogP contribution >= 0.6 is 23.2 Å². The van der Waals surface area contributed by atoms with Crippen molar-refractivity contribution >= 4 is 28.9 Å². The van der Waals surface area contributed by atoms with E-state index in [1.807, 2.05) is 30.3 Å². The summed E-state index contributed by atoms with van der Waals surface area (Å²) < 4.78 is 10.6. The van der Waals surface area contributed by atoms with Crippen LogP contribution in [0, 0.1) is 0 Å². The second kappa shape index (κ2) is 6.73. The van der Waals surface area contributed by atoms with Crippen molar-refractivity contribution in [3.8, 4) is 11.5 Å². The lowest BCUT2D eigenvalue weighted by molar-refractivity contribution is 0.399. The predicted octanol–water partition coefficient (Wildman–Crippen LogP) is 4.62. The summed E-state index contributed by atoms with van der Waals surface area (Å²) in [5.74, 6) is 1.58.